The van der Waals surface area contributed by atoms with Crippen molar-refractivity contribution in [2.24, 2.45) is 5.84 Å². The number of halogens is 3. The van der Waals surface area contributed by atoms with Gasteiger partial charge >= 0.3 is 5.51 Å². The van der Waals surface area contributed by atoms with Gasteiger partial charge in [-0.05, 0) is 23.9 Å². The van der Waals surface area contributed by atoms with Gasteiger partial charge in [-0.15, -0.1) is 0 Å². The summed E-state index contributed by atoms with van der Waals surface area (Å²) in [6.45, 7) is 0.186. The number of hydrogen-bond donors (Lipinski definition) is 3. The van der Waals surface area contributed by atoms with E-state index in [2.05, 4.69) is 15.7 Å². The van der Waals surface area contributed by atoms with E-state index in [4.69, 9.17) is 5.84 Å². The Balaban J connectivity index is 2.32. The topological polar surface area (TPSA) is 63.0 Å². The monoisotopic (exact) mass is 252 g/mol. The van der Waals surface area contributed by atoms with E-state index in [9.17, 15) is 13.2 Å². The van der Waals surface area contributed by atoms with Crippen LogP contribution in [0.2, 0.25) is 0 Å². The number of aromatic nitrogens is 1. The number of nitrogens with two attached hydrogens (primary N) is 1. The molecule has 0 fully saturated rings. The van der Waals surface area contributed by atoms with Gasteiger partial charge < -0.3 is 10.7 Å². The zero-order valence-corrected chi connectivity index (χ0v) is 9.03. The minimum absolute atomic E-state index is 0.0640. The average molecular weight is 252 g/mol. The number of nitrogen functional groups attached to an aromatic ring is 1. The molecular formula is C8H11F3N4S. The van der Waals surface area contributed by atoms with Crippen LogP contribution in [0.25, 0.3) is 0 Å². The van der Waals surface area contributed by atoms with Gasteiger partial charge in [0.05, 0.1) is 0 Å². The van der Waals surface area contributed by atoms with Crippen LogP contribution >= 0.6 is 11.8 Å². The number of rotatable bonds is 5. The fourth-order valence-electron chi connectivity index (χ4n) is 0.959. The van der Waals surface area contributed by atoms with Crippen LogP contribution < -0.4 is 16.6 Å². The molecule has 0 radical (unpaired) electrons. The van der Waals surface area contributed by atoms with Gasteiger partial charge in [-0.25, -0.2) is 10.8 Å². The molecule has 0 aliphatic heterocycles. The molecule has 8 heteroatoms. The molecule has 1 rings (SSSR count). The van der Waals surface area contributed by atoms with E-state index in [1.807, 2.05) is 0 Å². The maximum atomic E-state index is 11.8. The lowest BCUT2D eigenvalue weighted by Crippen LogP contribution is -2.12. The lowest BCUT2D eigenvalue weighted by molar-refractivity contribution is -0.0327. The van der Waals surface area contributed by atoms with Crippen LogP contribution in [0.1, 0.15) is 0 Å². The van der Waals surface area contributed by atoms with Crippen molar-refractivity contribution in [1.29, 1.82) is 0 Å². The van der Waals surface area contributed by atoms with E-state index >= 15 is 0 Å². The molecule has 1 aromatic rings. The Kier molecular flexibility index (Phi) is 4.69. The summed E-state index contributed by atoms with van der Waals surface area (Å²) >= 11 is -0.0678. The van der Waals surface area contributed by atoms with Gasteiger partial charge in [0.15, 0.2) is 0 Å². The zero-order chi connectivity index (χ0) is 12.0. The molecule has 0 atom stereocenters. The largest absolute Gasteiger partial charge is 0.441 e. The predicted molar refractivity (Wildman–Crippen MR) is 59.0 cm³/mol. The molecule has 0 unspecified atom stereocenters. The molecule has 0 saturated carbocycles. The lowest BCUT2D eigenvalue weighted by atomic mass is 10.4. The number of anilines is 2. The first-order chi connectivity index (χ1) is 7.51. The Morgan fingerprint density at radius 2 is 2.00 bits per heavy atom. The fourth-order valence-corrected chi connectivity index (χ4v) is 1.39. The summed E-state index contributed by atoms with van der Waals surface area (Å²) in [5.41, 5.74) is -1.84. The molecule has 4 nitrogen and oxygen atoms in total. The van der Waals surface area contributed by atoms with Crippen molar-refractivity contribution in [3.8, 4) is 0 Å². The van der Waals surface area contributed by atoms with Crippen molar-refractivity contribution in [2.75, 3.05) is 23.0 Å². The summed E-state index contributed by atoms with van der Waals surface area (Å²) in [4.78, 5) is 3.99. The molecular weight excluding hydrogens is 241 g/mol. The van der Waals surface area contributed by atoms with Crippen molar-refractivity contribution in [3.05, 3.63) is 18.2 Å². The fraction of sp³-hybridized carbons (Fsp3) is 0.375. The molecule has 0 aliphatic rings. The third-order valence-corrected chi connectivity index (χ3v) is 2.31. The summed E-state index contributed by atoms with van der Waals surface area (Å²) in [6.07, 6.45) is 0. The highest BCUT2D eigenvalue weighted by molar-refractivity contribution is 8.00. The Hall–Kier alpha value is -1.15. The van der Waals surface area contributed by atoms with Gasteiger partial charge in [-0.3, -0.25) is 0 Å². The Bertz CT molecular complexity index is 331. The number of pyridine rings is 1. The van der Waals surface area contributed by atoms with E-state index in [0.29, 0.717) is 11.6 Å². The molecule has 0 aromatic carbocycles. The Morgan fingerprint density at radius 3 is 2.62 bits per heavy atom. The molecule has 0 amide bonds. The van der Waals surface area contributed by atoms with Gasteiger partial charge in [-0.2, -0.15) is 13.2 Å². The third kappa shape index (κ3) is 5.08. The van der Waals surface area contributed by atoms with Crippen LogP contribution in [0.3, 0.4) is 0 Å². The summed E-state index contributed by atoms with van der Waals surface area (Å²) < 4.78 is 35.4. The van der Waals surface area contributed by atoms with Gasteiger partial charge in [-0.1, -0.05) is 6.07 Å². The summed E-state index contributed by atoms with van der Waals surface area (Å²) in [5, 5.41) is 2.76. The molecule has 0 saturated heterocycles. The molecule has 90 valence electrons. The van der Waals surface area contributed by atoms with Crippen molar-refractivity contribution in [3.63, 3.8) is 0 Å². The van der Waals surface area contributed by atoms with Crippen molar-refractivity contribution in [1.82, 2.24) is 4.98 Å². The van der Waals surface area contributed by atoms with E-state index < -0.39 is 5.51 Å². The van der Waals surface area contributed by atoms with Crippen molar-refractivity contribution < 1.29 is 13.2 Å². The Morgan fingerprint density at radius 1 is 1.31 bits per heavy atom. The number of nitrogens with one attached hydrogen (secondary N) is 2. The molecule has 0 spiro atoms. The smallest absolute Gasteiger partial charge is 0.369 e. The first-order valence-corrected chi connectivity index (χ1v) is 5.38. The Labute approximate surface area is 94.8 Å². The highest BCUT2D eigenvalue weighted by Gasteiger charge is 2.27. The highest BCUT2D eigenvalue weighted by atomic mass is 32.2. The number of hydrogen-bond acceptors (Lipinski definition) is 5. The first-order valence-electron chi connectivity index (χ1n) is 4.39. The lowest BCUT2D eigenvalue weighted by Gasteiger charge is -2.08. The average Bonchev–Trinajstić information content (AvgIpc) is 2.23. The van der Waals surface area contributed by atoms with E-state index in [1.54, 1.807) is 18.2 Å². The van der Waals surface area contributed by atoms with Crippen LogP contribution in [0.4, 0.5) is 24.8 Å². The maximum absolute atomic E-state index is 11.8. The first kappa shape index (κ1) is 12.9. The maximum Gasteiger partial charge on any atom is 0.441 e. The quantitative estimate of drug-likeness (QED) is 0.425. The van der Waals surface area contributed by atoms with E-state index in [0.717, 1.165) is 0 Å². The summed E-state index contributed by atoms with van der Waals surface area (Å²) in [5.74, 6) is 6.01. The van der Waals surface area contributed by atoms with Gasteiger partial charge in [0.1, 0.15) is 11.6 Å². The zero-order valence-electron chi connectivity index (χ0n) is 8.21. The molecule has 0 bridgehead atoms. The molecule has 0 aliphatic carbocycles. The second-order valence-electron chi connectivity index (χ2n) is 2.77. The van der Waals surface area contributed by atoms with Gasteiger partial charge in [0.2, 0.25) is 0 Å². The normalized spacial score (nSPS) is 11.2. The van der Waals surface area contributed by atoms with Crippen LogP contribution in [0.15, 0.2) is 18.2 Å². The predicted octanol–water partition coefficient (Wildman–Crippen LogP) is 2.03. The third-order valence-electron chi connectivity index (χ3n) is 1.57. The highest BCUT2D eigenvalue weighted by Crippen LogP contribution is 2.29. The minimum Gasteiger partial charge on any atom is -0.369 e. The molecule has 1 aromatic heterocycles. The number of hydrazine groups is 1. The second-order valence-corrected chi connectivity index (χ2v) is 3.93. The minimum atomic E-state index is -4.18. The summed E-state index contributed by atoms with van der Waals surface area (Å²) in [6, 6.07) is 5.00. The number of alkyl halides is 3. The van der Waals surface area contributed by atoms with Gasteiger partial charge in [0, 0.05) is 12.3 Å². The van der Waals surface area contributed by atoms with E-state index in [-0.39, 0.29) is 24.1 Å². The van der Waals surface area contributed by atoms with Gasteiger partial charge in [0.25, 0.3) is 0 Å². The summed E-state index contributed by atoms with van der Waals surface area (Å²) in [7, 11) is 0. The number of thioether (sulfide) groups is 1. The van der Waals surface area contributed by atoms with Crippen molar-refractivity contribution >= 4 is 23.4 Å². The van der Waals surface area contributed by atoms with E-state index in [1.165, 1.54) is 0 Å². The molecule has 16 heavy (non-hydrogen) atoms. The van der Waals surface area contributed by atoms with Crippen molar-refractivity contribution in [2.45, 2.75) is 5.51 Å². The SMILES string of the molecule is NNc1cccc(NCCSC(F)(F)F)n1. The number of nitrogens with zero attached hydrogens (tertiary/aromatic N) is 1. The molecule has 1 heterocycles. The standard InChI is InChI=1S/C8H11F3N4S/c9-8(10,11)16-5-4-13-6-2-1-3-7(14-6)15-12/h1-3H,4-5,12H2,(H2,13,14,15). The second kappa shape index (κ2) is 5.80. The van der Waals surface area contributed by atoms with Crippen LogP contribution in [0, 0.1) is 0 Å². The van der Waals surface area contributed by atoms with Crippen LogP contribution in [0.5, 0.6) is 0 Å². The van der Waals surface area contributed by atoms with Crippen LogP contribution in [-0.4, -0.2) is 22.8 Å². The van der Waals surface area contributed by atoms with Crippen LogP contribution in [-0.2, 0) is 0 Å². The molecule has 4 N–H and O–H groups in total.